The van der Waals surface area contributed by atoms with Crippen LogP contribution < -0.4 is 10.7 Å². The lowest BCUT2D eigenvalue weighted by Crippen LogP contribution is -2.23. The van der Waals surface area contributed by atoms with Gasteiger partial charge in [0.1, 0.15) is 5.82 Å². The maximum absolute atomic E-state index is 14.6. The molecule has 34 heavy (non-hydrogen) atoms. The minimum absolute atomic E-state index is 0.199. The van der Waals surface area contributed by atoms with Gasteiger partial charge in [0.25, 0.3) is 0 Å². The van der Waals surface area contributed by atoms with Gasteiger partial charge in [-0.2, -0.15) is 0 Å². The Hall–Kier alpha value is -3.92. The molecule has 3 aromatic carbocycles. The van der Waals surface area contributed by atoms with E-state index < -0.39 is 5.82 Å². The van der Waals surface area contributed by atoms with Crippen molar-refractivity contribution in [2.75, 3.05) is 6.54 Å². The Balaban J connectivity index is 1.61. The summed E-state index contributed by atoms with van der Waals surface area (Å²) in [5.41, 5.74) is 5.76. The highest BCUT2D eigenvalue weighted by atomic mass is 19.1. The number of pyridine rings is 1. The number of nitrogens with zero attached hydrogens (tertiary/aromatic N) is 1. The van der Waals surface area contributed by atoms with E-state index in [4.69, 9.17) is 0 Å². The molecule has 1 N–H and O–H groups in total. The molecule has 1 aliphatic rings. The topological polar surface area (TPSA) is 34.0 Å². The van der Waals surface area contributed by atoms with Crippen LogP contribution in [0.2, 0.25) is 0 Å². The molecule has 0 spiro atoms. The molecule has 0 bridgehead atoms. The van der Waals surface area contributed by atoms with Crippen molar-refractivity contribution in [2.24, 2.45) is 0 Å². The van der Waals surface area contributed by atoms with Gasteiger partial charge in [-0.25, -0.2) is 4.39 Å². The number of aromatic nitrogens is 1. The lowest BCUT2D eigenvalue weighted by molar-refractivity contribution is 0.627. The fourth-order valence-electron chi connectivity index (χ4n) is 4.75. The third kappa shape index (κ3) is 3.86. The largest absolute Gasteiger partial charge is 0.385 e. The monoisotopic (exact) mass is 450 g/mol. The van der Waals surface area contributed by atoms with E-state index >= 15 is 0 Å². The first-order chi connectivity index (χ1) is 16.5. The Labute approximate surface area is 198 Å². The predicted molar refractivity (Wildman–Crippen MR) is 140 cm³/mol. The van der Waals surface area contributed by atoms with E-state index in [9.17, 15) is 9.18 Å². The molecule has 0 aliphatic carbocycles. The van der Waals surface area contributed by atoms with Crippen LogP contribution in [-0.2, 0) is 6.42 Å². The van der Waals surface area contributed by atoms with Crippen LogP contribution >= 0.6 is 0 Å². The lowest BCUT2D eigenvalue weighted by atomic mass is 9.92. The van der Waals surface area contributed by atoms with E-state index in [0.717, 1.165) is 39.5 Å². The smallest absolute Gasteiger partial charge is 0.198 e. The molecule has 0 radical (unpaired) electrons. The number of nitrogens with one attached hydrogen (secondary N) is 1. The summed E-state index contributed by atoms with van der Waals surface area (Å²) in [5, 5.41) is 5.95. The second kappa shape index (κ2) is 8.79. The van der Waals surface area contributed by atoms with Crippen LogP contribution in [0.15, 0.2) is 89.9 Å². The van der Waals surface area contributed by atoms with Crippen LogP contribution in [0.3, 0.4) is 0 Å². The minimum Gasteiger partial charge on any atom is -0.385 e. The first kappa shape index (κ1) is 21.9. The van der Waals surface area contributed by atoms with Gasteiger partial charge in [-0.15, -0.1) is 0 Å². The van der Waals surface area contributed by atoms with Gasteiger partial charge >= 0.3 is 0 Å². The lowest BCUT2D eigenvalue weighted by Gasteiger charge is -2.25. The van der Waals surface area contributed by atoms with Gasteiger partial charge in [0.05, 0.1) is 11.1 Å². The zero-order valence-electron chi connectivity index (χ0n) is 19.5. The molecule has 5 rings (SSSR count). The average molecular weight is 451 g/mol. The molecule has 0 saturated heterocycles. The summed E-state index contributed by atoms with van der Waals surface area (Å²) < 4.78 is 16.6. The van der Waals surface area contributed by atoms with E-state index in [-0.39, 0.29) is 5.43 Å². The van der Waals surface area contributed by atoms with Crippen molar-refractivity contribution in [3.63, 3.8) is 0 Å². The van der Waals surface area contributed by atoms with Gasteiger partial charge in [0.15, 0.2) is 5.43 Å². The second-order valence-electron chi connectivity index (χ2n) is 8.90. The van der Waals surface area contributed by atoms with Crippen molar-refractivity contribution in [1.29, 1.82) is 0 Å². The highest BCUT2D eigenvalue weighted by Gasteiger charge is 2.22. The highest BCUT2D eigenvalue weighted by Crippen LogP contribution is 2.34. The summed E-state index contributed by atoms with van der Waals surface area (Å²) in [5.74, 6) is -0.393. The molecule has 4 heteroatoms. The molecule has 2 heterocycles. The summed E-state index contributed by atoms with van der Waals surface area (Å²) in [6.07, 6.45) is 9.36. The number of rotatable bonds is 6. The third-order valence-corrected chi connectivity index (χ3v) is 6.49. The molecule has 0 unspecified atom stereocenters. The molecule has 1 aliphatic heterocycles. The first-order valence-electron chi connectivity index (χ1n) is 11.6. The van der Waals surface area contributed by atoms with Crippen molar-refractivity contribution < 1.29 is 4.39 Å². The molecule has 0 saturated carbocycles. The van der Waals surface area contributed by atoms with Crippen LogP contribution in [0, 0.1) is 5.82 Å². The SMILES string of the molecule is C=C(NCC/C(C)=C/C=C\C)c1cn2c3c(cc(F)cc3c1=O)Cc1cc3ccccc3cc1-2. The quantitative estimate of drug-likeness (QED) is 0.294. The van der Waals surface area contributed by atoms with Crippen LogP contribution in [0.4, 0.5) is 4.39 Å². The van der Waals surface area contributed by atoms with E-state index in [0.29, 0.717) is 29.6 Å². The number of hydrogen-bond acceptors (Lipinski definition) is 2. The summed E-state index contributed by atoms with van der Waals surface area (Å²) in [4.78, 5) is 13.4. The molecule has 1 aromatic heterocycles. The van der Waals surface area contributed by atoms with Gasteiger partial charge in [0, 0.05) is 35.9 Å². The first-order valence-corrected chi connectivity index (χ1v) is 11.6. The summed E-state index contributed by atoms with van der Waals surface area (Å²) >= 11 is 0. The molecule has 3 nitrogen and oxygen atoms in total. The Kier molecular flexibility index (Phi) is 5.66. The van der Waals surface area contributed by atoms with E-state index in [1.54, 1.807) is 6.07 Å². The molecule has 0 amide bonds. The number of halogens is 1. The van der Waals surface area contributed by atoms with Gasteiger partial charge in [-0.1, -0.05) is 54.6 Å². The Morgan fingerprint density at radius 3 is 2.68 bits per heavy atom. The number of allylic oxidation sites excluding steroid dienone is 3. The normalized spacial score (nSPS) is 13.0. The van der Waals surface area contributed by atoms with Crippen LogP contribution in [-0.4, -0.2) is 11.1 Å². The van der Waals surface area contributed by atoms with Crippen molar-refractivity contribution in [3.8, 4) is 5.69 Å². The van der Waals surface area contributed by atoms with E-state index in [2.05, 4.69) is 49.2 Å². The van der Waals surface area contributed by atoms with Gasteiger partial charge < -0.3 is 9.88 Å². The zero-order chi connectivity index (χ0) is 23.8. The summed E-state index contributed by atoms with van der Waals surface area (Å²) in [6.45, 7) is 8.86. The fourth-order valence-corrected chi connectivity index (χ4v) is 4.75. The van der Waals surface area contributed by atoms with Crippen molar-refractivity contribution >= 4 is 27.4 Å². The van der Waals surface area contributed by atoms with Crippen molar-refractivity contribution in [1.82, 2.24) is 9.88 Å². The maximum Gasteiger partial charge on any atom is 0.198 e. The van der Waals surface area contributed by atoms with Crippen LogP contribution in [0.5, 0.6) is 0 Å². The Morgan fingerprint density at radius 1 is 1.15 bits per heavy atom. The van der Waals surface area contributed by atoms with Crippen molar-refractivity contribution in [3.05, 3.63) is 118 Å². The van der Waals surface area contributed by atoms with Crippen molar-refractivity contribution in [2.45, 2.75) is 26.7 Å². The van der Waals surface area contributed by atoms with Gasteiger partial charge in [-0.05, 0) is 66.4 Å². The maximum atomic E-state index is 14.6. The Morgan fingerprint density at radius 2 is 1.91 bits per heavy atom. The second-order valence-corrected chi connectivity index (χ2v) is 8.90. The predicted octanol–water partition coefficient (Wildman–Crippen LogP) is 6.66. The van der Waals surface area contributed by atoms with Crippen LogP contribution in [0.1, 0.15) is 37.0 Å². The zero-order valence-corrected chi connectivity index (χ0v) is 19.5. The number of benzene rings is 3. The standard InChI is InChI=1S/C30H27FN2O/c1-4-5-8-19(2)11-12-32-20(3)27-18-33-28-16-22-10-7-6-9-21(22)13-23(28)14-24-15-25(31)17-26(29(24)33)30(27)34/h4-10,13,15-18,32H,3,11-12,14H2,1-2H3/b5-4-,19-8+. The average Bonchev–Trinajstić information content (AvgIpc) is 2.82. The summed E-state index contributed by atoms with van der Waals surface area (Å²) in [6, 6.07) is 15.4. The number of fused-ring (bicyclic) bond motifs is 3. The van der Waals surface area contributed by atoms with Crippen LogP contribution in [0.25, 0.3) is 33.1 Å². The van der Waals surface area contributed by atoms with E-state index in [1.165, 1.54) is 11.6 Å². The molecule has 170 valence electrons. The van der Waals surface area contributed by atoms with E-state index in [1.807, 2.05) is 42.0 Å². The van der Waals surface area contributed by atoms with Gasteiger partial charge in [0.2, 0.25) is 0 Å². The molecule has 0 atom stereocenters. The molecule has 4 aromatic rings. The molecular formula is C30H27FN2O. The van der Waals surface area contributed by atoms with Gasteiger partial charge in [-0.3, -0.25) is 4.79 Å². The number of hydrogen-bond donors (Lipinski definition) is 1. The summed E-state index contributed by atoms with van der Waals surface area (Å²) in [7, 11) is 0. The third-order valence-electron chi connectivity index (χ3n) is 6.49. The molecule has 0 fully saturated rings. The fraction of sp³-hybridized carbons (Fsp3) is 0.167. The highest BCUT2D eigenvalue weighted by molar-refractivity contribution is 5.92. The Bertz CT molecular complexity index is 1570. The molecular weight excluding hydrogens is 423 g/mol. The minimum atomic E-state index is -0.393.